The zero-order valence-electron chi connectivity index (χ0n) is 12.2. The molecule has 0 spiro atoms. The molecule has 0 aliphatic rings. The molecule has 1 atom stereocenters. The zero-order valence-corrected chi connectivity index (χ0v) is 12.9. The first-order valence-corrected chi connectivity index (χ1v) is 7.40. The third kappa shape index (κ3) is 2.80. The van der Waals surface area contributed by atoms with E-state index in [4.69, 9.17) is 11.6 Å². The lowest BCUT2D eigenvalue weighted by molar-refractivity contribution is 0.461. The number of aromatic nitrogens is 2. The Hall–Kier alpha value is -1.84. The van der Waals surface area contributed by atoms with Crippen molar-refractivity contribution in [2.75, 3.05) is 7.05 Å². The van der Waals surface area contributed by atoms with Crippen LogP contribution >= 0.6 is 11.6 Å². The molecule has 0 fully saturated rings. The first-order chi connectivity index (χ1) is 10.2. The number of hydrogen-bond donors (Lipinski definition) is 1. The van der Waals surface area contributed by atoms with E-state index in [-0.39, 0.29) is 6.04 Å². The molecule has 3 rings (SSSR count). The van der Waals surface area contributed by atoms with Crippen LogP contribution in [0.1, 0.15) is 17.3 Å². The van der Waals surface area contributed by atoms with E-state index in [2.05, 4.69) is 52.9 Å². The average Bonchev–Trinajstić information content (AvgIpc) is 2.84. The fourth-order valence-corrected chi connectivity index (χ4v) is 2.71. The zero-order chi connectivity index (χ0) is 14.8. The van der Waals surface area contributed by atoms with Crippen molar-refractivity contribution in [2.45, 2.75) is 19.5 Å². The van der Waals surface area contributed by atoms with Crippen molar-refractivity contribution in [1.29, 1.82) is 0 Å². The number of hydrogen-bond acceptors (Lipinski definition) is 2. The molecule has 3 aromatic rings. The van der Waals surface area contributed by atoms with Gasteiger partial charge >= 0.3 is 0 Å². The molecule has 2 aromatic carbocycles. The topological polar surface area (TPSA) is 29.9 Å². The summed E-state index contributed by atoms with van der Waals surface area (Å²) >= 11 is 6.08. The summed E-state index contributed by atoms with van der Waals surface area (Å²) < 4.78 is 1.94. The molecule has 21 heavy (non-hydrogen) atoms. The molecule has 108 valence electrons. The molecule has 1 aromatic heterocycles. The smallest absolute Gasteiger partial charge is 0.0814 e. The molecular weight excluding hydrogens is 282 g/mol. The molecule has 0 radical (unpaired) electrons. The Morgan fingerprint density at radius 3 is 2.62 bits per heavy atom. The van der Waals surface area contributed by atoms with Crippen LogP contribution in [0.2, 0.25) is 5.02 Å². The van der Waals surface area contributed by atoms with E-state index in [0.717, 1.165) is 12.2 Å². The van der Waals surface area contributed by atoms with Crippen LogP contribution in [0.5, 0.6) is 0 Å². The molecule has 1 N–H and O–H groups in total. The van der Waals surface area contributed by atoms with Crippen molar-refractivity contribution >= 4 is 22.4 Å². The van der Waals surface area contributed by atoms with Crippen molar-refractivity contribution < 1.29 is 0 Å². The summed E-state index contributed by atoms with van der Waals surface area (Å²) in [5.74, 6) is 0. The van der Waals surface area contributed by atoms with Gasteiger partial charge in [0, 0.05) is 0 Å². The number of rotatable bonds is 4. The van der Waals surface area contributed by atoms with E-state index in [1.165, 1.54) is 16.3 Å². The van der Waals surface area contributed by atoms with Crippen molar-refractivity contribution in [3.05, 3.63) is 64.9 Å². The van der Waals surface area contributed by atoms with Gasteiger partial charge in [-0.1, -0.05) is 48.0 Å². The minimum atomic E-state index is 0.198. The van der Waals surface area contributed by atoms with Crippen LogP contribution in [-0.2, 0) is 6.54 Å². The van der Waals surface area contributed by atoms with Crippen molar-refractivity contribution in [3.63, 3.8) is 0 Å². The summed E-state index contributed by atoms with van der Waals surface area (Å²) in [6, 6.07) is 15.2. The van der Waals surface area contributed by atoms with E-state index < -0.39 is 0 Å². The highest BCUT2D eigenvalue weighted by Crippen LogP contribution is 2.23. The van der Waals surface area contributed by atoms with Crippen LogP contribution in [0, 0.1) is 6.92 Å². The highest BCUT2D eigenvalue weighted by molar-refractivity contribution is 6.31. The van der Waals surface area contributed by atoms with Crippen LogP contribution in [-0.4, -0.2) is 16.8 Å². The summed E-state index contributed by atoms with van der Waals surface area (Å²) in [6.07, 6.45) is 1.70. The molecule has 0 saturated carbocycles. The first kappa shape index (κ1) is 14.1. The Bertz CT molecular complexity index is 764. The Kier molecular flexibility index (Phi) is 3.95. The predicted octanol–water partition coefficient (Wildman–Crippen LogP) is 3.96. The molecule has 1 heterocycles. The van der Waals surface area contributed by atoms with Gasteiger partial charge in [0.1, 0.15) is 0 Å². The molecular formula is C17H18ClN3. The minimum Gasteiger partial charge on any atom is -0.311 e. The molecule has 1 unspecified atom stereocenters. The van der Waals surface area contributed by atoms with Gasteiger partial charge < -0.3 is 5.32 Å². The largest absolute Gasteiger partial charge is 0.311 e. The lowest BCUT2D eigenvalue weighted by atomic mass is 10.0. The summed E-state index contributed by atoms with van der Waals surface area (Å²) in [5.41, 5.74) is 2.25. The number of halogens is 1. The van der Waals surface area contributed by atoms with Gasteiger partial charge in [-0.05, 0) is 36.4 Å². The van der Waals surface area contributed by atoms with E-state index in [9.17, 15) is 0 Å². The third-order valence-corrected chi connectivity index (χ3v) is 4.29. The molecule has 0 saturated heterocycles. The Labute approximate surface area is 129 Å². The van der Waals surface area contributed by atoms with Gasteiger partial charge in [-0.25, -0.2) is 0 Å². The van der Waals surface area contributed by atoms with Gasteiger partial charge in [0.25, 0.3) is 0 Å². The monoisotopic (exact) mass is 299 g/mol. The number of benzene rings is 2. The minimum absolute atomic E-state index is 0.198. The first-order valence-electron chi connectivity index (χ1n) is 7.03. The van der Waals surface area contributed by atoms with Gasteiger partial charge in [0.2, 0.25) is 0 Å². The lowest BCUT2D eigenvalue weighted by Gasteiger charge is -2.18. The summed E-state index contributed by atoms with van der Waals surface area (Å²) in [7, 11) is 1.97. The van der Waals surface area contributed by atoms with Crippen LogP contribution in [0.4, 0.5) is 0 Å². The molecule has 4 heteroatoms. The fourth-order valence-electron chi connectivity index (χ4n) is 2.57. The molecule has 3 nitrogen and oxygen atoms in total. The second kappa shape index (κ2) is 5.88. The molecule has 0 bridgehead atoms. The van der Waals surface area contributed by atoms with Crippen LogP contribution in [0.3, 0.4) is 0 Å². The maximum Gasteiger partial charge on any atom is 0.0814 e. The highest BCUT2D eigenvalue weighted by Gasteiger charge is 2.13. The Balaban J connectivity index is 1.92. The van der Waals surface area contributed by atoms with Gasteiger partial charge in [-0.2, -0.15) is 5.10 Å². The van der Waals surface area contributed by atoms with Crippen molar-refractivity contribution in [2.24, 2.45) is 0 Å². The summed E-state index contributed by atoms with van der Waals surface area (Å²) in [6.45, 7) is 2.75. The van der Waals surface area contributed by atoms with Gasteiger partial charge in [0.15, 0.2) is 0 Å². The lowest BCUT2D eigenvalue weighted by Crippen LogP contribution is -2.23. The average molecular weight is 300 g/mol. The molecule has 0 aliphatic carbocycles. The predicted molar refractivity (Wildman–Crippen MR) is 87.7 cm³/mol. The van der Waals surface area contributed by atoms with Crippen LogP contribution < -0.4 is 5.32 Å². The quantitative estimate of drug-likeness (QED) is 0.790. The Morgan fingerprint density at radius 1 is 1.19 bits per heavy atom. The maximum atomic E-state index is 6.08. The maximum absolute atomic E-state index is 6.08. The van der Waals surface area contributed by atoms with Gasteiger partial charge in [0.05, 0.1) is 29.5 Å². The van der Waals surface area contributed by atoms with E-state index in [0.29, 0.717) is 5.02 Å². The number of likely N-dealkylation sites (N-methyl/N-ethyl adjacent to an activating group) is 1. The summed E-state index contributed by atoms with van der Waals surface area (Å²) in [4.78, 5) is 0. The standard InChI is InChI=1S/C17H18ClN3/c1-12-16(18)10-20-21(12)11-17(19-2)15-8-7-13-5-3-4-6-14(13)9-15/h3-10,17,19H,11H2,1-2H3. The van der Waals surface area contributed by atoms with Crippen molar-refractivity contribution in [3.8, 4) is 0 Å². The third-order valence-electron chi connectivity index (χ3n) is 3.92. The second-order valence-electron chi connectivity index (χ2n) is 5.21. The SMILES string of the molecule is CNC(Cn1ncc(Cl)c1C)c1ccc2ccccc2c1. The molecule has 0 aliphatic heterocycles. The van der Waals surface area contributed by atoms with E-state index >= 15 is 0 Å². The molecule has 0 amide bonds. The van der Waals surface area contributed by atoms with E-state index in [1.807, 2.05) is 18.7 Å². The fraction of sp³-hybridized carbons (Fsp3) is 0.235. The van der Waals surface area contributed by atoms with E-state index in [1.54, 1.807) is 6.20 Å². The van der Waals surface area contributed by atoms with Gasteiger partial charge in [-0.15, -0.1) is 0 Å². The number of fused-ring (bicyclic) bond motifs is 1. The summed E-state index contributed by atoms with van der Waals surface area (Å²) in [5, 5.41) is 10.9. The van der Waals surface area contributed by atoms with Gasteiger partial charge in [-0.3, -0.25) is 4.68 Å². The Morgan fingerprint density at radius 2 is 1.95 bits per heavy atom. The highest BCUT2D eigenvalue weighted by atomic mass is 35.5. The number of nitrogens with one attached hydrogen (secondary N) is 1. The second-order valence-corrected chi connectivity index (χ2v) is 5.62. The normalized spacial score (nSPS) is 12.7. The van der Waals surface area contributed by atoms with Crippen molar-refractivity contribution in [1.82, 2.24) is 15.1 Å². The van der Waals surface area contributed by atoms with Crippen LogP contribution in [0.25, 0.3) is 10.8 Å². The number of nitrogens with zero attached hydrogens (tertiary/aromatic N) is 2. The van der Waals surface area contributed by atoms with Crippen LogP contribution in [0.15, 0.2) is 48.7 Å².